The normalized spacial score (nSPS) is 15.6. The van der Waals surface area contributed by atoms with E-state index in [0.717, 1.165) is 28.1 Å². The van der Waals surface area contributed by atoms with Gasteiger partial charge in [-0.05, 0) is 42.7 Å². The van der Waals surface area contributed by atoms with Gasteiger partial charge in [-0.1, -0.05) is 35.9 Å². The maximum atomic E-state index is 12.7. The first-order valence-corrected chi connectivity index (χ1v) is 9.69. The van der Waals surface area contributed by atoms with E-state index < -0.39 is 0 Å². The number of aryl methyl sites for hydroxylation is 2. The molecule has 1 aliphatic rings. The van der Waals surface area contributed by atoms with Gasteiger partial charge < -0.3 is 19.4 Å². The first-order valence-electron chi connectivity index (χ1n) is 9.69. The summed E-state index contributed by atoms with van der Waals surface area (Å²) in [6.45, 7) is 5.55. The minimum atomic E-state index is -0.175. The molecule has 0 fully saturated rings. The molecule has 0 spiro atoms. The molecule has 0 bridgehead atoms. The zero-order valence-electron chi connectivity index (χ0n) is 16.9. The van der Waals surface area contributed by atoms with Crippen LogP contribution in [-0.4, -0.2) is 22.6 Å². The lowest BCUT2D eigenvalue weighted by molar-refractivity contribution is 0.00255. The van der Waals surface area contributed by atoms with Crippen LogP contribution in [0, 0.1) is 13.8 Å². The summed E-state index contributed by atoms with van der Waals surface area (Å²) < 4.78 is 13.2. The van der Waals surface area contributed by atoms with Crippen molar-refractivity contribution in [3.8, 4) is 5.75 Å². The molecule has 0 saturated carbocycles. The molecule has 4 rings (SSSR count). The van der Waals surface area contributed by atoms with Crippen LogP contribution in [0.1, 0.15) is 44.5 Å². The van der Waals surface area contributed by atoms with Gasteiger partial charge in [-0.15, -0.1) is 0 Å². The van der Waals surface area contributed by atoms with Crippen molar-refractivity contribution in [3.05, 3.63) is 82.4 Å². The van der Waals surface area contributed by atoms with E-state index in [1.165, 1.54) is 5.56 Å². The van der Waals surface area contributed by atoms with E-state index in [-0.39, 0.29) is 12.0 Å². The third-order valence-electron chi connectivity index (χ3n) is 5.38. The molecule has 2 heterocycles. The highest BCUT2D eigenvalue weighted by Gasteiger charge is 2.26. The van der Waals surface area contributed by atoms with Crippen molar-refractivity contribution in [2.75, 3.05) is 7.11 Å². The first kappa shape index (κ1) is 19.2. The molecular weight excluding hydrogens is 366 g/mol. The van der Waals surface area contributed by atoms with E-state index in [9.17, 15) is 4.79 Å². The van der Waals surface area contributed by atoms with Crippen molar-refractivity contribution >= 4 is 5.91 Å². The lowest BCUT2D eigenvalue weighted by Gasteiger charge is -2.25. The SMILES string of the molecule is COc1ccc([C@H]2Cn3cnc(C(=O)NCc4cc(C)ccc4C)c3CO2)cc1. The van der Waals surface area contributed by atoms with E-state index in [1.54, 1.807) is 13.4 Å². The highest BCUT2D eigenvalue weighted by atomic mass is 16.5. The van der Waals surface area contributed by atoms with Crippen LogP contribution < -0.4 is 10.1 Å². The van der Waals surface area contributed by atoms with Gasteiger partial charge in [0.15, 0.2) is 5.69 Å². The van der Waals surface area contributed by atoms with E-state index >= 15 is 0 Å². The number of aromatic nitrogens is 2. The number of hydrogen-bond donors (Lipinski definition) is 1. The lowest BCUT2D eigenvalue weighted by atomic mass is 10.1. The fourth-order valence-electron chi connectivity index (χ4n) is 3.59. The molecule has 1 N–H and O–H groups in total. The average Bonchev–Trinajstić information content (AvgIpc) is 3.17. The molecule has 1 aromatic heterocycles. The third kappa shape index (κ3) is 4.03. The van der Waals surface area contributed by atoms with Crippen molar-refractivity contribution in [3.63, 3.8) is 0 Å². The van der Waals surface area contributed by atoms with E-state index in [0.29, 0.717) is 25.4 Å². The number of rotatable bonds is 5. The Balaban J connectivity index is 1.44. The molecule has 29 heavy (non-hydrogen) atoms. The monoisotopic (exact) mass is 391 g/mol. The fourth-order valence-corrected chi connectivity index (χ4v) is 3.59. The smallest absolute Gasteiger partial charge is 0.272 e. The number of benzene rings is 2. The predicted octanol–water partition coefficient (Wildman–Crippen LogP) is 3.71. The molecule has 1 aliphatic heterocycles. The maximum Gasteiger partial charge on any atom is 0.272 e. The summed E-state index contributed by atoms with van der Waals surface area (Å²) in [5.74, 6) is 0.641. The number of methoxy groups -OCH3 is 1. The fraction of sp³-hybridized carbons (Fsp3) is 0.304. The number of carbonyl (C=O) groups excluding carboxylic acids is 1. The molecule has 6 heteroatoms. The summed E-state index contributed by atoms with van der Waals surface area (Å²) in [5, 5.41) is 2.99. The number of imidazole rings is 1. The van der Waals surface area contributed by atoms with Crippen LogP contribution in [0.4, 0.5) is 0 Å². The summed E-state index contributed by atoms with van der Waals surface area (Å²) in [6.07, 6.45) is 1.65. The first-order chi connectivity index (χ1) is 14.0. The van der Waals surface area contributed by atoms with Crippen molar-refractivity contribution in [1.82, 2.24) is 14.9 Å². The number of carbonyl (C=O) groups is 1. The molecule has 0 radical (unpaired) electrons. The standard InChI is InChI=1S/C23H25N3O3/c1-15-4-5-16(2)18(10-15)11-24-23(27)22-20-13-29-21(12-26(20)14-25-22)17-6-8-19(28-3)9-7-17/h4-10,14,21H,11-13H2,1-3H3,(H,24,27)/t21-/m1/s1. The lowest BCUT2D eigenvalue weighted by Crippen LogP contribution is -2.27. The van der Waals surface area contributed by atoms with Gasteiger partial charge in [-0.2, -0.15) is 0 Å². The summed E-state index contributed by atoms with van der Waals surface area (Å²) in [6, 6.07) is 14.1. The van der Waals surface area contributed by atoms with Crippen molar-refractivity contribution in [1.29, 1.82) is 0 Å². The number of fused-ring (bicyclic) bond motifs is 1. The van der Waals surface area contributed by atoms with Gasteiger partial charge in [0.25, 0.3) is 5.91 Å². The van der Waals surface area contributed by atoms with Crippen molar-refractivity contribution < 1.29 is 14.3 Å². The minimum absolute atomic E-state index is 0.0755. The Kier molecular flexibility index (Phi) is 5.36. The van der Waals surface area contributed by atoms with Gasteiger partial charge in [-0.3, -0.25) is 4.79 Å². The van der Waals surface area contributed by atoms with Crippen LogP contribution in [0.5, 0.6) is 5.75 Å². The van der Waals surface area contributed by atoms with Crippen LogP contribution in [0.15, 0.2) is 48.8 Å². The number of amides is 1. The molecule has 6 nitrogen and oxygen atoms in total. The summed E-state index contributed by atoms with van der Waals surface area (Å²) in [4.78, 5) is 17.1. The molecule has 150 valence electrons. The van der Waals surface area contributed by atoms with Crippen LogP contribution in [0.3, 0.4) is 0 Å². The van der Waals surface area contributed by atoms with Crippen molar-refractivity contribution in [2.45, 2.75) is 39.6 Å². The Hall–Kier alpha value is -3.12. The largest absolute Gasteiger partial charge is 0.497 e. The van der Waals surface area contributed by atoms with E-state index in [1.807, 2.05) is 42.7 Å². The second-order valence-electron chi connectivity index (χ2n) is 7.38. The van der Waals surface area contributed by atoms with Crippen LogP contribution in [-0.2, 0) is 24.4 Å². The Morgan fingerprint density at radius 1 is 1.24 bits per heavy atom. The zero-order valence-corrected chi connectivity index (χ0v) is 16.9. The Labute approximate surface area is 170 Å². The van der Waals surface area contributed by atoms with Gasteiger partial charge in [0.05, 0.1) is 32.3 Å². The van der Waals surface area contributed by atoms with E-state index in [4.69, 9.17) is 9.47 Å². The highest BCUT2D eigenvalue weighted by Crippen LogP contribution is 2.28. The number of hydrogen-bond acceptors (Lipinski definition) is 4. The minimum Gasteiger partial charge on any atom is -0.497 e. The molecule has 3 aromatic rings. The Bertz CT molecular complexity index is 1020. The van der Waals surface area contributed by atoms with Gasteiger partial charge in [0.2, 0.25) is 0 Å². The van der Waals surface area contributed by atoms with Gasteiger partial charge in [0.1, 0.15) is 11.9 Å². The zero-order chi connectivity index (χ0) is 20.4. The van der Waals surface area contributed by atoms with Gasteiger partial charge >= 0.3 is 0 Å². The molecule has 1 atom stereocenters. The van der Waals surface area contributed by atoms with Crippen LogP contribution in [0.2, 0.25) is 0 Å². The van der Waals surface area contributed by atoms with Gasteiger partial charge in [-0.25, -0.2) is 4.98 Å². The summed E-state index contributed by atoms with van der Waals surface area (Å²) in [7, 11) is 1.65. The third-order valence-corrected chi connectivity index (χ3v) is 5.38. The summed E-state index contributed by atoms with van der Waals surface area (Å²) >= 11 is 0. The Morgan fingerprint density at radius 2 is 2.03 bits per heavy atom. The second-order valence-corrected chi connectivity index (χ2v) is 7.38. The average molecular weight is 391 g/mol. The Morgan fingerprint density at radius 3 is 2.79 bits per heavy atom. The topological polar surface area (TPSA) is 65.4 Å². The number of nitrogens with one attached hydrogen (secondary N) is 1. The molecule has 1 amide bonds. The highest BCUT2D eigenvalue weighted by molar-refractivity contribution is 5.93. The summed E-state index contributed by atoms with van der Waals surface area (Å²) in [5.41, 5.74) is 5.77. The quantitative estimate of drug-likeness (QED) is 0.720. The second kappa shape index (κ2) is 8.09. The molecule has 2 aromatic carbocycles. The predicted molar refractivity (Wildman–Crippen MR) is 110 cm³/mol. The molecule has 0 aliphatic carbocycles. The molecular formula is C23H25N3O3. The number of ether oxygens (including phenoxy) is 2. The van der Waals surface area contributed by atoms with Gasteiger partial charge in [0, 0.05) is 6.54 Å². The maximum absolute atomic E-state index is 12.7. The molecule has 0 unspecified atom stereocenters. The van der Waals surface area contributed by atoms with E-state index in [2.05, 4.69) is 28.5 Å². The number of nitrogens with zero attached hydrogens (tertiary/aromatic N) is 2. The molecule has 0 saturated heterocycles. The van der Waals surface area contributed by atoms with Crippen molar-refractivity contribution in [2.24, 2.45) is 0 Å². The van der Waals surface area contributed by atoms with Crippen LogP contribution in [0.25, 0.3) is 0 Å². The van der Waals surface area contributed by atoms with Crippen LogP contribution >= 0.6 is 0 Å².